The molecule has 16 heavy (non-hydrogen) atoms. The third-order valence-electron chi connectivity index (χ3n) is 2.00. The highest BCUT2D eigenvalue weighted by atomic mass is 16.1. The Morgan fingerprint density at radius 2 is 2.25 bits per heavy atom. The van der Waals surface area contributed by atoms with Gasteiger partial charge < -0.3 is 10.6 Å². The van der Waals surface area contributed by atoms with Crippen molar-refractivity contribution in [3.8, 4) is 0 Å². The Balaban J connectivity index is 2.22. The van der Waals surface area contributed by atoms with E-state index in [1.807, 2.05) is 19.9 Å². The van der Waals surface area contributed by atoms with Gasteiger partial charge in [-0.3, -0.25) is 4.79 Å². The van der Waals surface area contributed by atoms with Crippen LogP contribution in [0, 0.1) is 6.92 Å². The summed E-state index contributed by atoms with van der Waals surface area (Å²) in [7, 11) is 0. The van der Waals surface area contributed by atoms with Gasteiger partial charge in [0.15, 0.2) is 0 Å². The van der Waals surface area contributed by atoms with Crippen molar-refractivity contribution in [2.45, 2.75) is 26.7 Å². The van der Waals surface area contributed by atoms with Crippen molar-refractivity contribution < 1.29 is 4.79 Å². The second-order valence-corrected chi connectivity index (χ2v) is 3.55. The number of aromatic nitrogens is 2. The molecule has 0 saturated carbocycles. The average molecular weight is 222 g/mol. The van der Waals surface area contributed by atoms with Crippen LogP contribution in [0.2, 0.25) is 0 Å². The van der Waals surface area contributed by atoms with Gasteiger partial charge in [0.1, 0.15) is 0 Å². The third-order valence-corrected chi connectivity index (χ3v) is 2.00. The maximum absolute atomic E-state index is 11.3. The lowest BCUT2D eigenvalue weighted by atomic mass is 10.4. The van der Waals surface area contributed by atoms with Gasteiger partial charge in [-0.25, -0.2) is 9.97 Å². The third kappa shape index (κ3) is 4.72. The number of hydrogen-bond donors (Lipinski definition) is 2. The van der Waals surface area contributed by atoms with Gasteiger partial charge in [0.2, 0.25) is 11.9 Å². The van der Waals surface area contributed by atoms with E-state index in [-0.39, 0.29) is 5.91 Å². The summed E-state index contributed by atoms with van der Waals surface area (Å²) in [6.45, 7) is 5.22. The predicted molar refractivity (Wildman–Crippen MR) is 63.2 cm³/mol. The smallest absolute Gasteiger partial charge is 0.222 e. The molecule has 0 spiro atoms. The minimum absolute atomic E-state index is 0.0574. The normalized spacial score (nSPS) is 9.88. The zero-order valence-corrected chi connectivity index (χ0v) is 9.79. The van der Waals surface area contributed by atoms with Crippen LogP contribution >= 0.6 is 0 Å². The highest BCUT2D eigenvalue weighted by molar-refractivity contribution is 5.76. The van der Waals surface area contributed by atoms with Gasteiger partial charge in [-0.1, -0.05) is 6.92 Å². The summed E-state index contributed by atoms with van der Waals surface area (Å²) >= 11 is 0. The highest BCUT2D eigenvalue weighted by Crippen LogP contribution is 1.98. The van der Waals surface area contributed by atoms with Crippen molar-refractivity contribution in [1.29, 1.82) is 0 Å². The quantitative estimate of drug-likeness (QED) is 0.756. The number of carbonyl (C=O) groups is 1. The standard InChI is InChI=1S/C11H18N4O/c1-3-6-12-10(16)5-8-14-11-13-7-4-9(2)15-11/h4,7H,3,5-6,8H2,1-2H3,(H,12,16)(H,13,14,15). The van der Waals surface area contributed by atoms with Crippen molar-refractivity contribution in [2.75, 3.05) is 18.4 Å². The lowest BCUT2D eigenvalue weighted by molar-refractivity contribution is -0.120. The number of hydrogen-bond acceptors (Lipinski definition) is 4. The molecule has 5 heteroatoms. The molecule has 88 valence electrons. The molecule has 2 N–H and O–H groups in total. The number of nitrogens with zero attached hydrogens (tertiary/aromatic N) is 2. The molecule has 1 rings (SSSR count). The lowest BCUT2D eigenvalue weighted by Crippen LogP contribution is -2.26. The highest BCUT2D eigenvalue weighted by Gasteiger charge is 2.00. The second-order valence-electron chi connectivity index (χ2n) is 3.55. The summed E-state index contributed by atoms with van der Waals surface area (Å²) in [5.41, 5.74) is 0.910. The first-order chi connectivity index (χ1) is 7.72. The molecule has 1 aromatic heterocycles. The van der Waals surface area contributed by atoms with Gasteiger partial charge in [0.05, 0.1) is 0 Å². The topological polar surface area (TPSA) is 66.9 Å². The summed E-state index contributed by atoms with van der Waals surface area (Å²) in [6.07, 6.45) is 3.10. The van der Waals surface area contributed by atoms with Gasteiger partial charge in [0, 0.05) is 31.4 Å². The summed E-state index contributed by atoms with van der Waals surface area (Å²) < 4.78 is 0. The molecule has 0 fully saturated rings. The molecule has 1 heterocycles. The average Bonchev–Trinajstić information content (AvgIpc) is 2.26. The summed E-state index contributed by atoms with van der Waals surface area (Å²) in [5.74, 6) is 0.630. The maximum atomic E-state index is 11.3. The van der Waals surface area contributed by atoms with E-state index in [0.717, 1.165) is 18.7 Å². The van der Waals surface area contributed by atoms with Crippen molar-refractivity contribution >= 4 is 11.9 Å². The van der Waals surface area contributed by atoms with Crippen molar-refractivity contribution in [1.82, 2.24) is 15.3 Å². The molecule has 0 unspecified atom stereocenters. The van der Waals surface area contributed by atoms with Crippen LogP contribution in [0.1, 0.15) is 25.5 Å². The first-order valence-corrected chi connectivity index (χ1v) is 5.52. The molecular weight excluding hydrogens is 204 g/mol. The van der Waals surface area contributed by atoms with Crippen LogP contribution < -0.4 is 10.6 Å². The van der Waals surface area contributed by atoms with E-state index in [2.05, 4.69) is 20.6 Å². The summed E-state index contributed by atoms with van der Waals surface area (Å²) in [5, 5.41) is 5.82. The minimum Gasteiger partial charge on any atom is -0.356 e. The van der Waals surface area contributed by atoms with Crippen LogP contribution in [0.5, 0.6) is 0 Å². The van der Waals surface area contributed by atoms with Crippen LogP contribution in [0.4, 0.5) is 5.95 Å². The molecule has 0 radical (unpaired) electrons. The van der Waals surface area contributed by atoms with Crippen molar-refractivity contribution in [3.05, 3.63) is 18.0 Å². The largest absolute Gasteiger partial charge is 0.356 e. The molecule has 0 saturated heterocycles. The SMILES string of the molecule is CCCNC(=O)CCNc1nccc(C)n1. The van der Waals surface area contributed by atoms with Crippen molar-refractivity contribution in [2.24, 2.45) is 0 Å². The van der Waals surface area contributed by atoms with E-state index >= 15 is 0 Å². The molecule has 0 aliphatic rings. The molecule has 0 aliphatic carbocycles. The van der Waals surface area contributed by atoms with E-state index in [4.69, 9.17) is 0 Å². The Labute approximate surface area is 95.7 Å². The maximum Gasteiger partial charge on any atom is 0.222 e. The number of carbonyl (C=O) groups excluding carboxylic acids is 1. The molecule has 0 atom stereocenters. The molecule has 0 bridgehead atoms. The zero-order valence-electron chi connectivity index (χ0n) is 9.79. The molecule has 0 aromatic carbocycles. The van der Waals surface area contributed by atoms with Gasteiger partial charge >= 0.3 is 0 Å². The Hall–Kier alpha value is -1.65. The van der Waals surface area contributed by atoms with E-state index in [1.165, 1.54) is 0 Å². The number of anilines is 1. The Kier molecular flexibility index (Phi) is 5.25. The van der Waals surface area contributed by atoms with Gasteiger partial charge in [-0.05, 0) is 19.4 Å². The summed E-state index contributed by atoms with van der Waals surface area (Å²) in [4.78, 5) is 19.5. The molecule has 1 aromatic rings. The fraction of sp³-hybridized carbons (Fsp3) is 0.545. The molecule has 1 amide bonds. The van der Waals surface area contributed by atoms with Crippen LogP contribution in [0.25, 0.3) is 0 Å². The van der Waals surface area contributed by atoms with Crippen molar-refractivity contribution in [3.63, 3.8) is 0 Å². The Morgan fingerprint density at radius 1 is 1.44 bits per heavy atom. The van der Waals surface area contributed by atoms with Gasteiger partial charge in [-0.15, -0.1) is 0 Å². The van der Waals surface area contributed by atoms with Gasteiger partial charge in [-0.2, -0.15) is 0 Å². The zero-order chi connectivity index (χ0) is 11.8. The molecule has 5 nitrogen and oxygen atoms in total. The number of aryl methyl sites for hydroxylation is 1. The molecular formula is C11H18N4O. The minimum atomic E-state index is 0.0574. The first-order valence-electron chi connectivity index (χ1n) is 5.52. The second kappa shape index (κ2) is 6.76. The monoisotopic (exact) mass is 222 g/mol. The van der Waals surface area contributed by atoms with E-state index in [1.54, 1.807) is 6.20 Å². The van der Waals surface area contributed by atoms with E-state index < -0.39 is 0 Å². The Morgan fingerprint density at radius 3 is 2.94 bits per heavy atom. The van der Waals surface area contributed by atoms with Crippen LogP contribution in [0.3, 0.4) is 0 Å². The van der Waals surface area contributed by atoms with E-state index in [0.29, 0.717) is 18.9 Å². The number of nitrogens with one attached hydrogen (secondary N) is 2. The summed E-state index contributed by atoms with van der Waals surface area (Å²) in [6, 6.07) is 1.83. The van der Waals surface area contributed by atoms with Crippen LogP contribution in [-0.2, 0) is 4.79 Å². The lowest BCUT2D eigenvalue weighted by Gasteiger charge is -2.05. The number of amides is 1. The van der Waals surface area contributed by atoms with Crippen LogP contribution in [-0.4, -0.2) is 29.0 Å². The number of rotatable bonds is 6. The van der Waals surface area contributed by atoms with Crippen LogP contribution in [0.15, 0.2) is 12.3 Å². The Bertz CT molecular complexity index is 341. The first kappa shape index (κ1) is 12.4. The van der Waals surface area contributed by atoms with E-state index in [9.17, 15) is 4.79 Å². The van der Waals surface area contributed by atoms with Gasteiger partial charge in [0.25, 0.3) is 0 Å². The predicted octanol–water partition coefficient (Wildman–Crippen LogP) is 1.11. The molecule has 0 aliphatic heterocycles. The fourth-order valence-electron chi connectivity index (χ4n) is 1.17. The fourth-order valence-corrected chi connectivity index (χ4v) is 1.17.